The minimum atomic E-state index is -0.623. The number of nitro groups is 1. The van der Waals surface area contributed by atoms with E-state index >= 15 is 0 Å². The summed E-state index contributed by atoms with van der Waals surface area (Å²) in [5, 5.41) is 14.7. The Morgan fingerprint density at radius 1 is 1.17 bits per heavy atom. The molecule has 1 aromatic heterocycles. The van der Waals surface area contributed by atoms with Crippen LogP contribution in [0.15, 0.2) is 36.4 Å². The number of H-pyrrole nitrogens is 1. The molecule has 1 aliphatic heterocycles. The summed E-state index contributed by atoms with van der Waals surface area (Å²) in [6.07, 6.45) is 0.654. The molecule has 2 heterocycles. The highest BCUT2D eigenvalue weighted by atomic mass is 19.1. The lowest BCUT2D eigenvalue weighted by atomic mass is 9.94. The monoisotopic (exact) mass is 329 g/mol. The van der Waals surface area contributed by atoms with Crippen LogP contribution in [0.2, 0.25) is 0 Å². The lowest BCUT2D eigenvalue weighted by Gasteiger charge is -2.24. The van der Waals surface area contributed by atoms with Crippen molar-refractivity contribution in [2.45, 2.75) is 12.5 Å². The van der Waals surface area contributed by atoms with Gasteiger partial charge in [-0.1, -0.05) is 12.1 Å². The van der Waals surface area contributed by atoms with Crippen LogP contribution in [0.3, 0.4) is 0 Å². The van der Waals surface area contributed by atoms with E-state index in [-0.39, 0.29) is 17.2 Å². The summed E-state index contributed by atoms with van der Waals surface area (Å²) in [7, 11) is 0. The van der Waals surface area contributed by atoms with Crippen LogP contribution in [-0.4, -0.2) is 16.5 Å². The summed E-state index contributed by atoms with van der Waals surface area (Å²) < 4.78 is 27.6. The number of nitro benzene ring substituents is 1. The number of benzene rings is 2. The molecule has 1 unspecified atom stereocenters. The van der Waals surface area contributed by atoms with E-state index in [1.54, 1.807) is 12.1 Å². The van der Waals surface area contributed by atoms with Crippen LogP contribution in [0.4, 0.5) is 14.5 Å². The van der Waals surface area contributed by atoms with E-state index in [9.17, 15) is 18.9 Å². The molecule has 24 heavy (non-hydrogen) atoms. The van der Waals surface area contributed by atoms with Crippen LogP contribution in [-0.2, 0) is 6.42 Å². The van der Waals surface area contributed by atoms with E-state index in [0.29, 0.717) is 18.4 Å². The van der Waals surface area contributed by atoms with Crippen molar-refractivity contribution in [2.75, 3.05) is 6.54 Å². The third kappa shape index (κ3) is 2.25. The van der Waals surface area contributed by atoms with Crippen molar-refractivity contribution < 1.29 is 13.7 Å². The van der Waals surface area contributed by atoms with Gasteiger partial charge in [0.25, 0.3) is 5.69 Å². The van der Waals surface area contributed by atoms with Gasteiger partial charge in [-0.15, -0.1) is 0 Å². The van der Waals surface area contributed by atoms with Crippen molar-refractivity contribution in [1.29, 1.82) is 0 Å². The zero-order valence-corrected chi connectivity index (χ0v) is 12.5. The maximum atomic E-state index is 14.0. The standard InChI is InChI=1S/C17H13F2N3O2/c18-10-7-13-12-5-6-20-15(17(12)21-16(13)14(19)8-10)9-1-3-11(4-2-9)22(23)24/h1-4,7-8,15,20-21H,5-6H2. The Kier molecular flexibility index (Phi) is 3.31. The highest BCUT2D eigenvalue weighted by Crippen LogP contribution is 2.35. The van der Waals surface area contributed by atoms with Gasteiger partial charge < -0.3 is 10.3 Å². The minimum absolute atomic E-state index is 0.0135. The summed E-state index contributed by atoms with van der Waals surface area (Å²) in [6.45, 7) is 0.653. The molecule has 122 valence electrons. The Bertz CT molecular complexity index is 951. The van der Waals surface area contributed by atoms with Crippen molar-refractivity contribution in [1.82, 2.24) is 10.3 Å². The van der Waals surface area contributed by atoms with Gasteiger partial charge in [-0.3, -0.25) is 10.1 Å². The SMILES string of the molecule is O=[N+]([O-])c1ccc(C2NCCc3c2[nH]c2c(F)cc(F)cc32)cc1. The Morgan fingerprint density at radius 2 is 1.92 bits per heavy atom. The number of fused-ring (bicyclic) bond motifs is 3. The number of halogens is 2. The molecule has 0 spiro atoms. The molecule has 4 rings (SSSR count). The summed E-state index contributed by atoms with van der Waals surface area (Å²) in [6, 6.07) is 8.18. The predicted octanol–water partition coefficient (Wildman–Crippen LogP) is 3.59. The summed E-state index contributed by atoms with van der Waals surface area (Å²) in [5.74, 6) is -1.23. The molecule has 0 radical (unpaired) electrons. The highest BCUT2D eigenvalue weighted by Gasteiger charge is 2.26. The second-order valence-electron chi connectivity index (χ2n) is 5.81. The van der Waals surface area contributed by atoms with Gasteiger partial charge in [-0.2, -0.15) is 0 Å². The normalized spacial score (nSPS) is 17.0. The first-order valence-corrected chi connectivity index (χ1v) is 7.52. The molecule has 1 atom stereocenters. The average Bonchev–Trinajstić information content (AvgIpc) is 2.94. The van der Waals surface area contributed by atoms with E-state index in [4.69, 9.17) is 0 Å². The topological polar surface area (TPSA) is 71.0 Å². The zero-order chi connectivity index (χ0) is 16.8. The fourth-order valence-corrected chi connectivity index (χ4v) is 3.33. The van der Waals surface area contributed by atoms with Crippen LogP contribution in [0, 0.1) is 21.7 Å². The van der Waals surface area contributed by atoms with Crippen LogP contribution >= 0.6 is 0 Å². The Morgan fingerprint density at radius 3 is 2.62 bits per heavy atom. The number of aromatic nitrogens is 1. The van der Waals surface area contributed by atoms with Gasteiger partial charge in [0.1, 0.15) is 11.6 Å². The molecular weight excluding hydrogens is 316 g/mol. The minimum Gasteiger partial charge on any atom is -0.354 e. The van der Waals surface area contributed by atoms with Gasteiger partial charge in [0.15, 0.2) is 0 Å². The predicted molar refractivity (Wildman–Crippen MR) is 84.9 cm³/mol. The Balaban J connectivity index is 1.84. The second-order valence-corrected chi connectivity index (χ2v) is 5.81. The first-order chi connectivity index (χ1) is 11.5. The molecule has 5 nitrogen and oxygen atoms in total. The van der Waals surface area contributed by atoms with E-state index < -0.39 is 16.6 Å². The number of hydrogen-bond donors (Lipinski definition) is 2. The number of hydrogen-bond acceptors (Lipinski definition) is 3. The third-order valence-corrected chi connectivity index (χ3v) is 4.41. The second kappa shape index (κ2) is 5.38. The fourth-order valence-electron chi connectivity index (χ4n) is 3.33. The van der Waals surface area contributed by atoms with E-state index in [1.807, 2.05) is 0 Å². The summed E-state index contributed by atoms with van der Waals surface area (Å²) in [5.41, 5.74) is 2.78. The maximum absolute atomic E-state index is 14.0. The van der Waals surface area contributed by atoms with Gasteiger partial charge in [-0.25, -0.2) is 8.78 Å². The first-order valence-electron chi connectivity index (χ1n) is 7.52. The largest absolute Gasteiger partial charge is 0.354 e. The Labute approximate surface area is 135 Å². The van der Waals surface area contributed by atoms with E-state index in [2.05, 4.69) is 10.3 Å². The third-order valence-electron chi connectivity index (χ3n) is 4.41. The first kappa shape index (κ1) is 14.8. The lowest BCUT2D eigenvalue weighted by molar-refractivity contribution is -0.384. The van der Waals surface area contributed by atoms with Crippen LogP contribution in [0.25, 0.3) is 10.9 Å². The van der Waals surface area contributed by atoms with Gasteiger partial charge in [-0.05, 0) is 23.6 Å². The molecule has 2 N–H and O–H groups in total. The number of aromatic amines is 1. The quantitative estimate of drug-likeness (QED) is 0.557. The van der Waals surface area contributed by atoms with Gasteiger partial charge in [0, 0.05) is 35.8 Å². The average molecular weight is 329 g/mol. The highest BCUT2D eigenvalue weighted by molar-refractivity contribution is 5.86. The lowest BCUT2D eigenvalue weighted by Crippen LogP contribution is -2.30. The van der Waals surface area contributed by atoms with Crippen molar-refractivity contribution in [3.05, 3.63) is 75.0 Å². The molecule has 1 aliphatic rings. The van der Waals surface area contributed by atoms with Crippen molar-refractivity contribution in [3.8, 4) is 0 Å². The fraction of sp³-hybridized carbons (Fsp3) is 0.176. The molecule has 0 amide bonds. The summed E-state index contributed by atoms with van der Waals surface area (Å²) >= 11 is 0. The van der Waals surface area contributed by atoms with Crippen LogP contribution in [0.1, 0.15) is 22.9 Å². The molecule has 7 heteroatoms. The van der Waals surface area contributed by atoms with Crippen molar-refractivity contribution in [2.24, 2.45) is 0 Å². The van der Waals surface area contributed by atoms with Crippen molar-refractivity contribution in [3.63, 3.8) is 0 Å². The van der Waals surface area contributed by atoms with Gasteiger partial charge in [0.2, 0.25) is 0 Å². The molecule has 0 saturated heterocycles. The summed E-state index contributed by atoms with van der Waals surface area (Å²) in [4.78, 5) is 13.4. The molecule has 0 bridgehead atoms. The number of nitrogens with one attached hydrogen (secondary N) is 2. The van der Waals surface area contributed by atoms with Gasteiger partial charge >= 0.3 is 0 Å². The van der Waals surface area contributed by atoms with Crippen molar-refractivity contribution >= 4 is 16.6 Å². The smallest absolute Gasteiger partial charge is 0.269 e. The van der Waals surface area contributed by atoms with E-state index in [0.717, 1.165) is 22.9 Å². The molecule has 0 fully saturated rings. The van der Waals surface area contributed by atoms with Crippen LogP contribution in [0.5, 0.6) is 0 Å². The number of rotatable bonds is 2. The molecule has 0 aliphatic carbocycles. The molecule has 0 saturated carbocycles. The molecule has 3 aromatic rings. The zero-order valence-electron chi connectivity index (χ0n) is 12.5. The molecule has 2 aromatic carbocycles. The Hall–Kier alpha value is -2.80. The van der Waals surface area contributed by atoms with Crippen LogP contribution < -0.4 is 5.32 Å². The molecular formula is C17H13F2N3O2. The maximum Gasteiger partial charge on any atom is 0.269 e. The number of nitrogens with zero attached hydrogens (tertiary/aromatic N) is 1. The van der Waals surface area contributed by atoms with E-state index in [1.165, 1.54) is 18.2 Å². The van der Waals surface area contributed by atoms with Gasteiger partial charge in [0.05, 0.1) is 16.5 Å². The number of non-ortho nitro benzene ring substituents is 1.